The van der Waals surface area contributed by atoms with Crippen LogP contribution in [-0.4, -0.2) is 13.7 Å². The molecular weight excluding hydrogens is 174 g/mol. The molecule has 0 aliphatic heterocycles. The number of methoxy groups -OCH3 is 1. The summed E-state index contributed by atoms with van der Waals surface area (Å²) < 4.78 is 5.38. The van der Waals surface area contributed by atoms with Crippen LogP contribution in [0.25, 0.3) is 0 Å². The van der Waals surface area contributed by atoms with Crippen molar-refractivity contribution in [2.24, 2.45) is 11.7 Å². The van der Waals surface area contributed by atoms with Crippen LogP contribution >= 0.6 is 0 Å². The molecule has 2 heteroatoms. The predicted octanol–water partition coefficient (Wildman–Crippen LogP) is 2.07. The fourth-order valence-electron chi connectivity index (χ4n) is 2.01. The van der Waals surface area contributed by atoms with Crippen molar-refractivity contribution >= 4 is 0 Å². The van der Waals surface area contributed by atoms with Crippen LogP contribution in [0.4, 0.5) is 0 Å². The van der Waals surface area contributed by atoms with E-state index in [2.05, 4.69) is 25.1 Å². The summed E-state index contributed by atoms with van der Waals surface area (Å²) in [5.41, 5.74) is 8.22. The molecule has 0 spiro atoms. The highest BCUT2D eigenvalue weighted by molar-refractivity contribution is 5.42. The Balaban J connectivity index is 2.25. The normalized spacial score (nSPS) is 24.8. The zero-order valence-corrected chi connectivity index (χ0v) is 8.79. The number of hydrogen-bond donors (Lipinski definition) is 1. The molecule has 2 unspecified atom stereocenters. The molecule has 0 radical (unpaired) electrons. The van der Waals surface area contributed by atoms with E-state index in [0.717, 1.165) is 12.3 Å². The van der Waals surface area contributed by atoms with Gasteiger partial charge in [-0.25, -0.2) is 0 Å². The zero-order valence-electron chi connectivity index (χ0n) is 8.79. The van der Waals surface area contributed by atoms with Crippen molar-refractivity contribution in [3.63, 3.8) is 0 Å². The molecule has 1 aromatic rings. The standard InChI is InChI=1S/C12H17NO/c1-8-3-4-10(12(5-8)14-2)11-6-9(11)7-13/h3-5,9,11H,6-7,13H2,1-2H3. The highest BCUT2D eigenvalue weighted by atomic mass is 16.5. The van der Waals surface area contributed by atoms with E-state index >= 15 is 0 Å². The monoisotopic (exact) mass is 191 g/mol. The van der Waals surface area contributed by atoms with E-state index in [1.54, 1.807) is 7.11 Å². The Morgan fingerprint density at radius 3 is 2.86 bits per heavy atom. The largest absolute Gasteiger partial charge is 0.496 e. The molecule has 1 aliphatic carbocycles. The summed E-state index contributed by atoms with van der Waals surface area (Å²) in [7, 11) is 1.73. The summed E-state index contributed by atoms with van der Waals surface area (Å²) in [4.78, 5) is 0. The van der Waals surface area contributed by atoms with Gasteiger partial charge in [-0.2, -0.15) is 0 Å². The topological polar surface area (TPSA) is 35.2 Å². The lowest BCUT2D eigenvalue weighted by Crippen LogP contribution is -2.02. The van der Waals surface area contributed by atoms with Crippen LogP contribution in [0.1, 0.15) is 23.5 Å². The minimum atomic E-state index is 0.635. The summed E-state index contributed by atoms with van der Waals surface area (Å²) in [5.74, 6) is 2.33. The number of aryl methyl sites for hydroxylation is 1. The van der Waals surface area contributed by atoms with Crippen molar-refractivity contribution in [2.45, 2.75) is 19.3 Å². The van der Waals surface area contributed by atoms with Gasteiger partial charge in [-0.3, -0.25) is 0 Å². The van der Waals surface area contributed by atoms with E-state index in [9.17, 15) is 0 Å². The Hall–Kier alpha value is -1.02. The smallest absolute Gasteiger partial charge is 0.122 e. The van der Waals surface area contributed by atoms with Gasteiger partial charge in [0.2, 0.25) is 0 Å². The Labute approximate surface area is 85.1 Å². The first-order valence-electron chi connectivity index (χ1n) is 5.11. The van der Waals surface area contributed by atoms with Crippen LogP contribution in [0.5, 0.6) is 5.75 Å². The fraction of sp³-hybridized carbons (Fsp3) is 0.500. The highest BCUT2D eigenvalue weighted by Crippen LogP contribution is 2.49. The van der Waals surface area contributed by atoms with Crippen LogP contribution in [-0.2, 0) is 0 Å². The van der Waals surface area contributed by atoms with Gasteiger partial charge in [0, 0.05) is 0 Å². The number of rotatable bonds is 3. The lowest BCUT2D eigenvalue weighted by molar-refractivity contribution is 0.409. The van der Waals surface area contributed by atoms with E-state index in [4.69, 9.17) is 10.5 Å². The van der Waals surface area contributed by atoms with E-state index in [1.807, 2.05) is 0 Å². The number of hydrogen-bond acceptors (Lipinski definition) is 2. The van der Waals surface area contributed by atoms with Gasteiger partial charge in [0.05, 0.1) is 7.11 Å². The maximum absolute atomic E-state index is 5.64. The molecule has 2 nitrogen and oxygen atoms in total. The van der Waals surface area contributed by atoms with E-state index in [0.29, 0.717) is 11.8 Å². The van der Waals surface area contributed by atoms with Gasteiger partial charge >= 0.3 is 0 Å². The molecule has 0 amide bonds. The van der Waals surface area contributed by atoms with Gasteiger partial charge in [0.15, 0.2) is 0 Å². The Morgan fingerprint density at radius 1 is 1.50 bits per heavy atom. The Morgan fingerprint density at radius 2 is 2.29 bits per heavy atom. The second-order valence-corrected chi connectivity index (χ2v) is 4.08. The van der Waals surface area contributed by atoms with Crippen LogP contribution in [0.2, 0.25) is 0 Å². The molecule has 14 heavy (non-hydrogen) atoms. The lowest BCUT2D eigenvalue weighted by Gasteiger charge is -2.08. The molecule has 1 aromatic carbocycles. The van der Waals surface area contributed by atoms with Gasteiger partial charge in [0.25, 0.3) is 0 Å². The van der Waals surface area contributed by atoms with Crippen LogP contribution in [0.3, 0.4) is 0 Å². The SMILES string of the molecule is COc1cc(C)ccc1C1CC1CN. The molecule has 0 heterocycles. The third-order valence-corrected chi connectivity index (χ3v) is 3.01. The number of ether oxygens (including phenoxy) is 1. The second kappa shape index (κ2) is 3.62. The lowest BCUT2D eigenvalue weighted by atomic mass is 10.1. The predicted molar refractivity (Wildman–Crippen MR) is 57.6 cm³/mol. The molecule has 1 saturated carbocycles. The molecule has 0 aromatic heterocycles. The summed E-state index contributed by atoms with van der Waals surface area (Å²) in [6.07, 6.45) is 1.22. The van der Waals surface area contributed by atoms with Crippen molar-refractivity contribution in [2.75, 3.05) is 13.7 Å². The molecule has 0 bridgehead atoms. The zero-order chi connectivity index (χ0) is 10.1. The molecule has 2 rings (SSSR count). The maximum Gasteiger partial charge on any atom is 0.122 e. The molecule has 0 saturated heterocycles. The first kappa shape index (κ1) is 9.53. The number of benzene rings is 1. The fourth-order valence-corrected chi connectivity index (χ4v) is 2.01. The summed E-state index contributed by atoms with van der Waals surface area (Å²) in [6.45, 7) is 2.88. The van der Waals surface area contributed by atoms with Gasteiger partial charge < -0.3 is 10.5 Å². The minimum absolute atomic E-state index is 0.635. The molecule has 1 aliphatic rings. The summed E-state index contributed by atoms with van der Waals surface area (Å²) >= 11 is 0. The molecule has 2 atom stereocenters. The molecule has 76 valence electrons. The van der Waals surface area contributed by atoms with Crippen molar-refractivity contribution < 1.29 is 4.74 Å². The van der Waals surface area contributed by atoms with E-state index in [-0.39, 0.29) is 0 Å². The summed E-state index contributed by atoms with van der Waals surface area (Å²) in [6, 6.07) is 6.42. The average Bonchev–Trinajstić information content (AvgIpc) is 2.96. The van der Waals surface area contributed by atoms with Crippen LogP contribution < -0.4 is 10.5 Å². The van der Waals surface area contributed by atoms with Gasteiger partial charge in [0.1, 0.15) is 5.75 Å². The van der Waals surface area contributed by atoms with Gasteiger partial charge in [-0.1, -0.05) is 12.1 Å². The van der Waals surface area contributed by atoms with Gasteiger partial charge in [-0.05, 0) is 48.9 Å². The quantitative estimate of drug-likeness (QED) is 0.793. The first-order chi connectivity index (χ1) is 6.76. The van der Waals surface area contributed by atoms with Crippen molar-refractivity contribution in [1.82, 2.24) is 0 Å². The Bertz CT molecular complexity index is 335. The minimum Gasteiger partial charge on any atom is -0.496 e. The van der Waals surface area contributed by atoms with Crippen molar-refractivity contribution in [1.29, 1.82) is 0 Å². The van der Waals surface area contributed by atoms with Crippen LogP contribution in [0, 0.1) is 12.8 Å². The highest BCUT2D eigenvalue weighted by Gasteiger charge is 2.38. The third kappa shape index (κ3) is 1.62. The maximum atomic E-state index is 5.64. The van der Waals surface area contributed by atoms with E-state index < -0.39 is 0 Å². The Kier molecular flexibility index (Phi) is 2.46. The summed E-state index contributed by atoms with van der Waals surface area (Å²) in [5, 5.41) is 0. The number of nitrogens with two attached hydrogens (primary N) is 1. The molecule has 2 N–H and O–H groups in total. The third-order valence-electron chi connectivity index (χ3n) is 3.01. The molecule has 1 fully saturated rings. The van der Waals surface area contributed by atoms with Gasteiger partial charge in [-0.15, -0.1) is 0 Å². The first-order valence-corrected chi connectivity index (χ1v) is 5.11. The molecular formula is C12H17NO. The average molecular weight is 191 g/mol. The van der Waals surface area contributed by atoms with E-state index in [1.165, 1.54) is 17.5 Å². The van der Waals surface area contributed by atoms with Crippen molar-refractivity contribution in [3.8, 4) is 5.75 Å². The van der Waals surface area contributed by atoms with Crippen LogP contribution in [0.15, 0.2) is 18.2 Å². The second-order valence-electron chi connectivity index (χ2n) is 4.08. The van der Waals surface area contributed by atoms with Crippen molar-refractivity contribution in [3.05, 3.63) is 29.3 Å².